The smallest absolute Gasteiger partial charge is 0.232 e. The van der Waals surface area contributed by atoms with Crippen molar-refractivity contribution in [1.29, 1.82) is 0 Å². The van der Waals surface area contributed by atoms with Crippen LogP contribution in [0.2, 0.25) is 0 Å². The van der Waals surface area contributed by atoms with Gasteiger partial charge in [-0.1, -0.05) is 36.4 Å². The second-order valence-electron chi connectivity index (χ2n) is 6.31. The number of carbonyl (C=O) groups is 1. The quantitative estimate of drug-likeness (QED) is 0.748. The van der Waals surface area contributed by atoms with Crippen LogP contribution in [-0.2, 0) is 4.79 Å². The van der Waals surface area contributed by atoms with E-state index in [-0.39, 0.29) is 5.91 Å². The minimum atomic E-state index is 0.210. The lowest BCUT2D eigenvalue weighted by atomic mass is 10.1. The van der Waals surface area contributed by atoms with Gasteiger partial charge in [0.2, 0.25) is 5.91 Å². The average Bonchev–Trinajstić information content (AvgIpc) is 3.10. The number of amides is 1. The van der Waals surface area contributed by atoms with Crippen molar-refractivity contribution in [3.8, 4) is 0 Å². The molecule has 126 valence electrons. The number of hydrogen-bond donors (Lipinski definition) is 0. The van der Waals surface area contributed by atoms with Crippen LogP contribution in [-0.4, -0.2) is 43.2 Å². The second-order valence-corrected chi connectivity index (χ2v) is 7.36. The molecule has 4 heteroatoms. The van der Waals surface area contributed by atoms with Gasteiger partial charge in [0.05, 0.1) is 5.75 Å². The SMILES string of the molecule is CN(C[C@@H]1CCN(c2ccccc2)C1)C(=O)CSc1ccccc1. The third kappa shape index (κ3) is 4.54. The highest BCUT2D eigenvalue weighted by molar-refractivity contribution is 8.00. The standard InChI is InChI=1S/C20H24N2OS/c1-21(20(23)16-24-19-10-6-3-7-11-19)14-17-12-13-22(15-17)18-8-4-2-5-9-18/h2-11,17H,12-16H2,1H3/t17-/m0/s1. The van der Waals surface area contributed by atoms with Crippen molar-refractivity contribution in [2.75, 3.05) is 37.3 Å². The van der Waals surface area contributed by atoms with Gasteiger partial charge in [0.25, 0.3) is 0 Å². The Labute approximate surface area is 148 Å². The van der Waals surface area contributed by atoms with E-state index in [2.05, 4.69) is 29.2 Å². The van der Waals surface area contributed by atoms with E-state index in [1.54, 1.807) is 11.8 Å². The molecule has 2 aromatic rings. The van der Waals surface area contributed by atoms with Gasteiger partial charge < -0.3 is 9.80 Å². The van der Waals surface area contributed by atoms with E-state index in [9.17, 15) is 4.79 Å². The van der Waals surface area contributed by atoms with Crippen LogP contribution < -0.4 is 4.90 Å². The number of hydrogen-bond acceptors (Lipinski definition) is 3. The molecule has 1 amide bonds. The zero-order valence-electron chi connectivity index (χ0n) is 14.1. The van der Waals surface area contributed by atoms with E-state index in [1.807, 2.05) is 48.3 Å². The van der Waals surface area contributed by atoms with Gasteiger partial charge in [-0.25, -0.2) is 0 Å². The van der Waals surface area contributed by atoms with Crippen LogP contribution >= 0.6 is 11.8 Å². The summed E-state index contributed by atoms with van der Waals surface area (Å²) in [6.07, 6.45) is 1.15. The van der Waals surface area contributed by atoms with Crippen molar-refractivity contribution in [1.82, 2.24) is 4.90 Å². The molecular weight excluding hydrogens is 316 g/mol. The summed E-state index contributed by atoms with van der Waals surface area (Å²) in [6, 6.07) is 20.6. The summed E-state index contributed by atoms with van der Waals surface area (Å²) in [7, 11) is 1.93. The molecule has 1 aliphatic rings. The van der Waals surface area contributed by atoms with Crippen LogP contribution in [0.3, 0.4) is 0 Å². The molecule has 0 N–H and O–H groups in total. The Morgan fingerprint density at radius 1 is 1.12 bits per heavy atom. The van der Waals surface area contributed by atoms with Crippen LogP contribution in [0, 0.1) is 5.92 Å². The fraction of sp³-hybridized carbons (Fsp3) is 0.350. The third-order valence-electron chi connectivity index (χ3n) is 4.47. The lowest BCUT2D eigenvalue weighted by molar-refractivity contribution is -0.127. The number of para-hydroxylation sites is 1. The van der Waals surface area contributed by atoms with Crippen molar-refractivity contribution in [3.63, 3.8) is 0 Å². The molecule has 2 aromatic carbocycles. The summed E-state index contributed by atoms with van der Waals surface area (Å²) in [5.74, 6) is 1.28. The first-order valence-electron chi connectivity index (χ1n) is 8.44. The first kappa shape index (κ1) is 16.9. The third-order valence-corrected chi connectivity index (χ3v) is 5.47. The molecule has 1 atom stereocenters. The highest BCUT2D eigenvalue weighted by Crippen LogP contribution is 2.24. The van der Waals surface area contributed by atoms with Crippen LogP contribution in [0.4, 0.5) is 5.69 Å². The van der Waals surface area contributed by atoms with Gasteiger partial charge in [0.1, 0.15) is 0 Å². The van der Waals surface area contributed by atoms with Crippen LogP contribution in [0.25, 0.3) is 0 Å². The van der Waals surface area contributed by atoms with E-state index in [0.717, 1.165) is 31.0 Å². The summed E-state index contributed by atoms with van der Waals surface area (Å²) < 4.78 is 0. The van der Waals surface area contributed by atoms with Crippen molar-refractivity contribution in [3.05, 3.63) is 60.7 Å². The van der Waals surface area contributed by atoms with Gasteiger partial charge in [-0.2, -0.15) is 0 Å². The van der Waals surface area contributed by atoms with Crippen molar-refractivity contribution in [2.24, 2.45) is 5.92 Å². The number of nitrogens with zero attached hydrogens (tertiary/aromatic N) is 2. The maximum atomic E-state index is 12.3. The molecule has 3 rings (SSSR count). The second kappa shape index (κ2) is 8.25. The zero-order chi connectivity index (χ0) is 16.8. The number of carbonyl (C=O) groups excluding carboxylic acids is 1. The topological polar surface area (TPSA) is 23.6 Å². The largest absolute Gasteiger partial charge is 0.371 e. The highest BCUT2D eigenvalue weighted by Gasteiger charge is 2.25. The molecule has 0 spiro atoms. The van der Waals surface area contributed by atoms with E-state index in [1.165, 1.54) is 5.69 Å². The van der Waals surface area contributed by atoms with Gasteiger partial charge in [-0.15, -0.1) is 11.8 Å². The van der Waals surface area contributed by atoms with Gasteiger partial charge in [0, 0.05) is 37.3 Å². The minimum Gasteiger partial charge on any atom is -0.371 e. The summed E-state index contributed by atoms with van der Waals surface area (Å²) in [5.41, 5.74) is 1.29. The Morgan fingerprint density at radius 2 is 1.79 bits per heavy atom. The van der Waals surface area contributed by atoms with Gasteiger partial charge in [-0.3, -0.25) is 4.79 Å². The minimum absolute atomic E-state index is 0.210. The molecule has 0 aromatic heterocycles. The fourth-order valence-electron chi connectivity index (χ4n) is 3.12. The molecule has 3 nitrogen and oxygen atoms in total. The van der Waals surface area contributed by atoms with Gasteiger partial charge in [0.15, 0.2) is 0 Å². The first-order chi connectivity index (χ1) is 11.7. The van der Waals surface area contributed by atoms with E-state index in [4.69, 9.17) is 0 Å². The molecule has 0 saturated carbocycles. The molecule has 1 aliphatic heterocycles. The average molecular weight is 340 g/mol. The van der Waals surface area contributed by atoms with Crippen LogP contribution in [0.5, 0.6) is 0 Å². The maximum Gasteiger partial charge on any atom is 0.232 e. The van der Waals surface area contributed by atoms with Crippen molar-refractivity contribution in [2.45, 2.75) is 11.3 Å². The summed E-state index contributed by atoms with van der Waals surface area (Å²) in [5, 5.41) is 0. The normalized spacial score (nSPS) is 17.0. The lowest BCUT2D eigenvalue weighted by Crippen LogP contribution is -2.34. The number of rotatable bonds is 6. The zero-order valence-corrected chi connectivity index (χ0v) is 14.9. The van der Waals surface area contributed by atoms with E-state index >= 15 is 0 Å². The maximum absolute atomic E-state index is 12.3. The fourth-order valence-corrected chi connectivity index (χ4v) is 3.98. The first-order valence-corrected chi connectivity index (χ1v) is 9.43. The molecule has 0 radical (unpaired) electrons. The van der Waals surface area contributed by atoms with E-state index in [0.29, 0.717) is 11.7 Å². The molecule has 1 fully saturated rings. The molecule has 0 unspecified atom stereocenters. The highest BCUT2D eigenvalue weighted by atomic mass is 32.2. The number of anilines is 1. The Balaban J connectivity index is 1.45. The predicted molar refractivity (Wildman–Crippen MR) is 102 cm³/mol. The lowest BCUT2D eigenvalue weighted by Gasteiger charge is -2.22. The summed E-state index contributed by atoms with van der Waals surface area (Å²) >= 11 is 1.61. The molecule has 1 heterocycles. The Bertz CT molecular complexity index is 647. The van der Waals surface area contributed by atoms with Crippen molar-refractivity contribution >= 4 is 23.4 Å². The molecule has 24 heavy (non-hydrogen) atoms. The van der Waals surface area contributed by atoms with Crippen LogP contribution in [0.15, 0.2) is 65.6 Å². The number of benzene rings is 2. The predicted octanol–water partition coefficient (Wildman–Crippen LogP) is 3.76. The van der Waals surface area contributed by atoms with Crippen LogP contribution in [0.1, 0.15) is 6.42 Å². The molecule has 0 aliphatic carbocycles. The molecular formula is C20H24N2OS. The van der Waals surface area contributed by atoms with E-state index < -0.39 is 0 Å². The molecule has 0 bridgehead atoms. The monoisotopic (exact) mass is 340 g/mol. The van der Waals surface area contributed by atoms with Gasteiger partial charge in [-0.05, 0) is 36.6 Å². The summed E-state index contributed by atoms with van der Waals surface area (Å²) in [6.45, 7) is 2.96. The Morgan fingerprint density at radius 3 is 2.50 bits per heavy atom. The number of thioether (sulfide) groups is 1. The summed E-state index contributed by atoms with van der Waals surface area (Å²) in [4.78, 5) is 17.8. The molecule has 1 saturated heterocycles. The Kier molecular flexibility index (Phi) is 5.81. The van der Waals surface area contributed by atoms with Gasteiger partial charge >= 0.3 is 0 Å². The van der Waals surface area contributed by atoms with Crippen molar-refractivity contribution < 1.29 is 4.79 Å². The Hall–Kier alpha value is -1.94.